The van der Waals surface area contributed by atoms with E-state index in [0.29, 0.717) is 5.56 Å². The summed E-state index contributed by atoms with van der Waals surface area (Å²) in [5.41, 5.74) is 2.77. The number of nitrogens with zero attached hydrogens (tertiary/aromatic N) is 2. The molecule has 0 unspecified atom stereocenters. The lowest BCUT2D eigenvalue weighted by molar-refractivity contribution is 0.0997. The molecule has 0 aliphatic carbocycles. The Morgan fingerprint density at radius 1 is 0.893 bits per heavy atom. The first-order valence-corrected chi connectivity index (χ1v) is 9.31. The standard InChI is InChI=1S/C24H21FN2O/c1-27-22(16-21(28)17-12-14-20(25)15-13-17)26-23(18-8-4-2-5-9-18)24(27)19-10-6-3-7-11-19/h2-15,23-24H,16H2,1H3/t23-,24+/m0/s1. The van der Waals surface area contributed by atoms with Crippen molar-refractivity contribution >= 4 is 11.6 Å². The molecule has 4 rings (SSSR count). The van der Waals surface area contributed by atoms with Gasteiger partial charge in [0.25, 0.3) is 0 Å². The van der Waals surface area contributed by atoms with Crippen LogP contribution in [0.3, 0.4) is 0 Å². The summed E-state index contributed by atoms with van der Waals surface area (Å²) in [4.78, 5) is 19.7. The first-order valence-electron chi connectivity index (χ1n) is 9.31. The van der Waals surface area contributed by atoms with E-state index < -0.39 is 0 Å². The second-order valence-electron chi connectivity index (χ2n) is 6.97. The van der Waals surface area contributed by atoms with Crippen LogP contribution in [0.1, 0.15) is 40.0 Å². The summed E-state index contributed by atoms with van der Waals surface area (Å²) >= 11 is 0. The molecule has 0 N–H and O–H groups in total. The van der Waals surface area contributed by atoms with Crippen molar-refractivity contribution in [3.63, 3.8) is 0 Å². The van der Waals surface area contributed by atoms with Crippen LogP contribution in [0.25, 0.3) is 0 Å². The Labute approximate surface area is 164 Å². The van der Waals surface area contributed by atoms with E-state index in [1.165, 1.54) is 24.3 Å². The van der Waals surface area contributed by atoms with Gasteiger partial charge in [0.15, 0.2) is 5.78 Å². The molecule has 3 aromatic carbocycles. The van der Waals surface area contributed by atoms with Crippen molar-refractivity contribution in [2.24, 2.45) is 4.99 Å². The van der Waals surface area contributed by atoms with Crippen molar-refractivity contribution in [1.29, 1.82) is 0 Å². The molecule has 0 amide bonds. The van der Waals surface area contributed by atoms with Crippen LogP contribution in [0.4, 0.5) is 4.39 Å². The maximum atomic E-state index is 13.2. The van der Waals surface area contributed by atoms with Crippen molar-refractivity contribution in [2.45, 2.75) is 18.5 Å². The Bertz CT molecular complexity index is 984. The van der Waals surface area contributed by atoms with Crippen LogP contribution in [0.2, 0.25) is 0 Å². The number of likely N-dealkylation sites (N-methyl/N-ethyl adjacent to an activating group) is 1. The molecule has 0 fully saturated rings. The third kappa shape index (κ3) is 3.58. The van der Waals surface area contributed by atoms with Gasteiger partial charge in [-0.05, 0) is 35.4 Å². The summed E-state index contributed by atoms with van der Waals surface area (Å²) in [5.74, 6) is 0.336. The Balaban J connectivity index is 1.65. The van der Waals surface area contributed by atoms with E-state index in [9.17, 15) is 9.18 Å². The van der Waals surface area contributed by atoms with Gasteiger partial charge in [0.2, 0.25) is 0 Å². The molecule has 0 saturated heterocycles. The zero-order chi connectivity index (χ0) is 19.5. The molecule has 0 radical (unpaired) electrons. The van der Waals surface area contributed by atoms with E-state index in [1.807, 2.05) is 43.4 Å². The number of halogens is 1. The minimum absolute atomic E-state index is 0.0274. The van der Waals surface area contributed by atoms with Crippen molar-refractivity contribution < 1.29 is 9.18 Å². The largest absolute Gasteiger partial charge is 0.353 e. The van der Waals surface area contributed by atoms with E-state index in [-0.39, 0.29) is 30.1 Å². The molecule has 1 heterocycles. The van der Waals surface area contributed by atoms with Crippen molar-refractivity contribution in [2.75, 3.05) is 7.05 Å². The first kappa shape index (κ1) is 18.1. The maximum absolute atomic E-state index is 13.2. The summed E-state index contributed by atoms with van der Waals surface area (Å²) in [5, 5.41) is 0. The van der Waals surface area contributed by atoms with Crippen LogP contribution >= 0.6 is 0 Å². The van der Waals surface area contributed by atoms with E-state index in [1.54, 1.807) is 0 Å². The number of carbonyl (C=O) groups is 1. The highest BCUT2D eigenvalue weighted by atomic mass is 19.1. The molecule has 0 bridgehead atoms. The molecule has 0 aromatic heterocycles. The molecule has 0 spiro atoms. The average molecular weight is 372 g/mol. The molecule has 2 atom stereocenters. The van der Waals surface area contributed by atoms with Gasteiger partial charge < -0.3 is 4.90 Å². The summed E-state index contributed by atoms with van der Waals surface area (Å²) in [6.45, 7) is 0. The van der Waals surface area contributed by atoms with Crippen molar-refractivity contribution in [3.05, 3.63) is 107 Å². The van der Waals surface area contributed by atoms with Gasteiger partial charge in [-0.25, -0.2) is 4.39 Å². The Morgan fingerprint density at radius 3 is 2.07 bits per heavy atom. The van der Waals surface area contributed by atoms with Crippen molar-refractivity contribution in [3.8, 4) is 0 Å². The first-order chi connectivity index (χ1) is 13.6. The molecule has 4 heteroatoms. The van der Waals surface area contributed by atoms with Gasteiger partial charge in [-0.2, -0.15) is 0 Å². The lowest BCUT2D eigenvalue weighted by atomic mass is 9.94. The number of aliphatic imine (C=N–C) groups is 1. The van der Waals surface area contributed by atoms with Gasteiger partial charge in [0.05, 0.1) is 12.5 Å². The zero-order valence-corrected chi connectivity index (χ0v) is 15.6. The molecule has 3 aromatic rings. The number of rotatable bonds is 5. The molecular formula is C24H21FN2O. The minimum Gasteiger partial charge on any atom is -0.353 e. The van der Waals surface area contributed by atoms with Crippen LogP contribution in [-0.2, 0) is 0 Å². The molecule has 1 aliphatic rings. The summed E-state index contributed by atoms with van der Waals surface area (Å²) in [7, 11) is 1.98. The number of hydrogen-bond acceptors (Lipinski definition) is 3. The lowest BCUT2D eigenvalue weighted by Crippen LogP contribution is -2.29. The third-order valence-corrected chi connectivity index (χ3v) is 5.18. The summed E-state index contributed by atoms with van der Waals surface area (Å²) < 4.78 is 13.2. The van der Waals surface area contributed by atoms with Gasteiger partial charge in [0.1, 0.15) is 17.7 Å². The monoisotopic (exact) mass is 372 g/mol. The van der Waals surface area contributed by atoms with Crippen molar-refractivity contribution in [1.82, 2.24) is 4.90 Å². The number of hydrogen-bond donors (Lipinski definition) is 0. The number of Topliss-reactive ketones (excluding diaryl/α,β-unsaturated/α-hetero) is 1. The number of benzene rings is 3. The predicted molar refractivity (Wildman–Crippen MR) is 109 cm³/mol. The van der Waals surface area contributed by atoms with E-state index >= 15 is 0 Å². The fourth-order valence-corrected chi connectivity index (χ4v) is 3.71. The van der Waals surface area contributed by atoms with Crippen LogP contribution in [0, 0.1) is 5.82 Å². The van der Waals surface area contributed by atoms with Gasteiger partial charge in [-0.15, -0.1) is 0 Å². The molecule has 28 heavy (non-hydrogen) atoms. The van der Waals surface area contributed by atoms with E-state index in [2.05, 4.69) is 29.2 Å². The Hall–Kier alpha value is -3.27. The molecular weight excluding hydrogens is 351 g/mol. The van der Waals surface area contributed by atoms with Crippen LogP contribution in [0.5, 0.6) is 0 Å². The smallest absolute Gasteiger partial charge is 0.170 e. The molecule has 3 nitrogen and oxygen atoms in total. The zero-order valence-electron chi connectivity index (χ0n) is 15.6. The Morgan fingerprint density at radius 2 is 1.46 bits per heavy atom. The van der Waals surface area contributed by atoms with Gasteiger partial charge in [-0.3, -0.25) is 9.79 Å². The third-order valence-electron chi connectivity index (χ3n) is 5.18. The SMILES string of the molecule is CN1C(CC(=O)c2ccc(F)cc2)=N[C@@H](c2ccccc2)[C@H]1c1ccccc1. The molecule has 1 aliphatic heterocycles. The fraction of sp³-hybridized carbons (Fsp3) is 0.167. The average Bonchev–Trinajstić information content (AvgIpc) is 3.06. The van der Waals surface area contributed by atoms with Gasteiger partial charge in [-0.1, -0.05) is 60.7 Å². The summed E-state index contributed by atoms with van der Waals surface area (Å²) in [6, 6.07) is 26.0. The van der Waals surface area contributed by atoms with Crippen LogP contribution in [0.15, 0.2) is 89.9 Å². The summed E-state index contributed by atoms with van der Waals surface area (Å²) in [6.07, 6.45) is 0.189. The van der Waals surface area contributed by atoms with Gasteiger partial charge in [0, 0.05) is 12.6 Å². The normalized spacial score (nSPS) is 18.8. The number of ketones is 1. The Kier molecular flexibility index (Phi) is 5.02. The van der Waals surface area contributed by atoms with Gasteiger partial charge >= 0.3 is 0 Å². The number of amidine groups is 1. The lowest BCUT2D eigenvalue weighted by Gasteiger charge is -2.27. The highest BCUT2D eigenvalue weighted by molar-refractivity contribution is 6.09. The van der Waals surface area contributed by atoms with E-state index in [0.717, 1.165) is 17.0 Å². The number of carbonyl (C=O) groups excluding carboxylic acids is 1. The van der Waals surface area contributed by atoms with E-state index in [4.69, 9.17) is 4.99 Å². The topological polar surface area (TPSA) is 32.7 Å². The van der Waals surface area contributed by atoms with Crippen LogP contribution < -0.4 is 0 Å². The predicted octanol–water partition coefficient (Wildman–Crippen LogP) is 5.23. The van der Waals surface area contributed by atoms with Crippen LogP contribution in [-0.4, -0.2) is 23.6 Å². The maximum Gasteiger partial charge on any atom is 0.170 e. The highest BCUT2D eigenvalue weighted by Gasteiger charge is 2.36. The molecule has 140 valence electrons. The fourth-order valence-electron chi connectivity index (χ4n) is 3.71. The minimum atomic E-state index is -0.347. The highest BCUT2D eigenvalue weighted by Crippen LogP contribution is 2.41. The second-order valence-corrected chi connectivity index (χ2v) is 6.97. The second kappa shape index (κ2) is 7.77. The quantitative estimate of drug-likeness (QED) is 0.575. The molecule has 0 saturated carbocycles.